The zero-order chi connectivity index (χ0) is 32.4. The van der Waals surface area contributed by atoms with Crippen LogP contribution in [0.1, 0.15) is 11.1 Å². The van der Waals surface area contributed by atoms with Gasteiger partial charge in [-0.05, 0) is 46.2 Å². The summed E-state index contributed by atoms with van der Waals surface area (Å²) in [6.45, 7) is 7.61. The van der Waals surface area contributed by atoms with Crippen molar-refractivity contribution in [2.24, 2.45) is 10.1 Å². The second-order valence-electron chi connectivity index (χ2n) is 10.6. The maximum Gasteiger partial charge on any atom is 0.416 e. The molecule has 0 spiro atoms. The fourth-order valence-corrected chi connectivity index (χ4v) is 6.41. The minimum Gasteiger partial charge on any atom is -0.181 e. The normalized spacial score (nSPS) is 13.2. The third kappa shape index (κ3) is 4.30. The van der Waals surface area contributed by atoms with Gasteiger partial charge < -0.3 is 0 Å². The van der Waals surface area contributed by atoms with Gasteiger partial charge in [0.1, 0.15) is 0 Å². The van der Waals surface area contributed by atoms with Gasteiger partial charge in [-0.2, -0.15) is 43.2 Å². The SMILES string of the molecule is [C-]#[N+]/N=c1/c2cc(C(F)(F)F)ccc2c2c(-c3ccccc3)c3c(=NC#N)c4cc(C(F)(F)F)ccc4c3c(-c3ccccc3)c12. The van der Waals surface area contributed by atoms with Crippen molar-refractivity contribution in [3.63, 3.8) is 0 Å². The Hall–Kier alpha value is -6.00. The Bertz CT molecular complexity index is 2380. The fraction of sp³-hybridized carbons (Fsp3) is 0.0556. The molecule has 10 heteroatoms. The molecule has 0 atom stereocenters. The number of fused-ring (bicyclic) bond motifs is 6. The van der Waals surface area contributed by atoms with E-state index in [1.165, 1.54) is 12.1 Å². The molecule has 7 rings (SSSR count). The minimum atomic E-state index is -4.68. The van der Waals surface area contributed by atoms with E-state index in [2.05, 4.69) is 15.0 Å². The van der Waals surface area contributed by atoms with Crippen molar-refractivity contribution in [1.82, 2.24) is 0 Å². The van der Waals surface area contributed by atoms with Gasteiger partial charge in [0.25, 0.3) is 0 Å². The van der Waals surface area contributed by atoms with Gasteiger partial charge in [0.05, 0.1) is 21.6 Å². The summed E-state index contributed by atoms with van der Waals surface area (Å²) in [6, 6.07) is 24.1. The summed E-state index contributed by atoms with van der Waals surface area (Å²) in [5.74, 6) is 0. The largest absolute Gasteiger partial charge is 0.416 e. The lowest BCUT2D eigenvalue weighted by molar-refractivity contribution is -0.138. The number of halogens is 6. The average molecular weight is 619 g/mol. The maximum atomic E-state index is 14.0. The van der Waals surface area contributed by atoms with Crippen molar-refractivity contribution in [2.75, 3.05) is 0 Å². The lowest BCUT2D eigenvalue weighted by atomic mass is 9.88. The zero-order valence-corrected chi connectivity index (χ0v) is 23.3. The van der Waals surface area contributed by atoms with E-state index in [0.29, 0.717) is 54.6 Å². The highest BCUT2D eigenvalue weighted by Crippen LogP contribution is 2.48. The first-order valence-corrected chi connectivity index (χ1v) is 13.7. The van der Waals surface area contributed by atoms with Gasteiger partial charge in [0, 0.05) is 43.4 Å². The van der Waals surface area contributed by atoms with Crippen LogP contribution in [0.2, 0.25) is 0 Å². The summed E-state index contributed by atoms with van der Waals surface area (Å²) in [4.78, 5) is 7.29. The molecular weight excluding hydrogens is 602 g/mol. The highest BCUT2D eigenvalue weighted by molar-refractivity contribution is 6.35. The molecule has 4 nitrogen and oxygen atoms in total. The van der Waals surface area contributed by atoms with Crippen molar-refractivity contribution in [3.05, 3.63) is 130 Å². The standard InChI is InChI=1S/C36H16F6N4/c1-44-46-34-26-17-22(36(40,41)42)13-15-24(26)30-27(19-8-4-2-5-9-19)31-29(28(32(30)34)20-10-6-3-7-11-20)23-14-12-21(35(37,38)39)16-25(23)33(31)45-18-43/h2-17H/b45-33?,46-34-. The molecule has 7 aromatic rings. The van der Waals surface area contributed by atoms with E-state index in [0.717, 1.165) is 24.3 Å². The Labute approximate surface area is 255 Å². The summed E-state index contributed by atoms with van der Waals surface area (Å²) in [5.41, 5.74) is 0.199. The molecule has 0 aliphatic carbocycles. The van der Waals surface area contributed by atoms with Gasteiger partial charge in [0.15, 0.2) is 5.36 Å². The molecule has 0 heterocycles. The fourth-order valence-electron chi connectivity index (χ4n) is 6.41. The van der Waals surface area contributed by atoms with Crippen molar-refractivity contribution < 1.29 is 26.3 Å². The maximum absolute atomic E-state index is 14.0. The lowest BCUT2D eigenvalue weighted by Crippen LogP contribution is -2.06. The zero-order valence-electron chi connectivity index (χ0n) is 23.3. The van der Waals surface area contributed by atoms with Gasteiger partial charge >= 0.3 is 12.4 Å². The molecule has 0 fully saturated rings. The molecule has 222 valence electrons. The van der Waals surface area contributed by atoms with E-state index in [1.54, 1.807) is 66.9 Å². The van der Waals surface area contributed by atoms with Crippen LogP contribution in [0.25, 0.3) is 70.3 Å². The first kappa shape index (κ1) is 28.8. The Morgan fingerprint density at radius 3 is 1.41 bits per heavy atom. The molecule has 0 saturated heterocycles. The third-order valence-electron chi connectivity index (χ3n) is 8.15. The van der Waals surface area contributed by atoms with Crippen molar-refractivity contribution in [3.8, 4) is 28.4 Å². The highest BCUT2D eigenvalue weighted by atomic mass is 19.4. The number of benzene rings is 5. The van der Waals surface area contributed by atoms with Crippen molar-refractivity contribution in [2.45, 2.75) is 12.4 Å². The number of nitriles is 1. The summed E-state index contributed by atoms with van der Waals surface area (Å²) in [6.07, 6.45) is -7.62. The number of hydrogen-bond acceptors (Lipinski definition) is 3. The van der Waals surface area contributed by atoms with Gasteiger partial charge in [-0.15, -0.1) is 4.95 Å². The molecule has 7 aromatic carbocycles. The van der Waals surface area contributed by atoms with E-state index in [1.807, 2.05) is 0 Å². The van der Waals surface area contributed by atoms with E-state index in [4.69, 9.17) is 6.57 Å². The monoisotopic (exact) mass is 618 g/mol. The second kappa shape index (κ2) is 10.3. The van der Waals surface area contributed by atoms with E-state index < -0.39 is 23.5 Å². The Kier molecular flexibility index (Phi) is 6.43. The van der Waals surface area contributed by atoms with E-state index in [9.17, 15) is 31.6 Å². The van der Waals surface area contributed by atoms with E-state index >= 15 is 0 Å². The van der Waals surface area contributed by atoms with Gasteiger partial charge in [-0.25, -0.2) is 0 Å². The molecule has 0 aromatic heterocycles. The summed E-state index contributed by atoms with van der Waals surface area (Å²) in [5, 5.41) is 16.3. The summed E-state index contributed by atoms with van der Waals surface area (Å²) >= 11 is 0. The molecule has 46 heavy (non-hydrogen) atoms. The Morgan fingerprint density at radius 2 is 1.00 bits per heavy atom. The summed E-state index contributed by atoms with van der Waals surface area (Å²) in [7, 11) is 0. The van der Waals surface area contributed by atoms with Gasteiger partial charge in [-0.3, -0.25) is 0 Å². The van der Waals surface area contributed by atoms with Crippen LogP contribution in [0, 0.1) is 18.0 Å². The average Bonchev–Trinajstić information content (AvgIpc) is 3.52. The van der Waals surface area contributed by atoms with Crippen LogP contribution in [0.4, 0.5) is 26.3 Å². The molecule has 0 amide bonds. The van der Waals surface area contributed by atoms with Crippen molar-refractivity contribution in [1.29, 1.82) is 5.26 Å². The number of hydrogen-bond donors (Lipinski definition) is 0. The predicted octanol–water partition coefficient (Wildman–Crippen LogP) is 9.66. The van der Waals surface area contributed by atoms with Crippen LogP contribution in [0.5, 0.6) is 0 Å². The smallest absolute Gasteiger partial charge is 0.181 e. The lowest BCUT2D eigenvalue weighted by Gasteiger charge is -2.14. The molecular formula is C36H16F6N4. The third-order valence-corrected chi connectivity index (χ3v) is 8.15. The Morgan fingerprint density at radius 1 is 0.565 bits per heavy atom. The van der Waals surface area contributed by atoms with Crippen molar-refractivity contribution >= 4 is 43.1 Å². The number of nitrogens with zero attached hydrogens (tertiary/aromatic N) is 4. The predicted molar refractivity (Wildman–Crippen MR) is 163 cm³/mol. The molecule has 0 radical (unpaired) electrons. The highest BCUT2D eigenvalue weighted by Gasteiger charge is 2.34. The topological polar surface area (TPSA) is 52.9 Å². The molecule has 0 bridgehead atoms. The van der Waals surface area contributed by atoms with Crippen LogP contribution in [0.3, 0.4) is 0 Å². The van der Waals surface area contributed by atoms with Crippen LogP contribution < -0.4 is 10.7 Å². The molecule has 0 saturated carbocycles. The first-order valence-electron chi connectivity index (χ1n) is 13.7. The van der Waals surface area contributed by atoms with E-state index in [-0.39, 0.29) is 21.5 Å². The Balaban J connectivity index is 1.91. The number of alkyl halides is 6. The minimum absolute atomic E-state index is 0.00136. The molecule has 0 N–H and O–H groups in total. The molecule has 0 aliphatic rings. The summed E-state index contributed by atoms with van der Waals surface area (Å²) < 4.78 is 83.8. The van der Waals surface area contributed by atoms with Crippen LogP contribution in [0.15, 0.2) is 107 Å². The molecule has 0 aliphatic heterocycles. The molecule has 0 unspecified atom stereocenters. The first-order chi connectivity index (χ1) is 22.0. The van der Waals surface area contributed by atoms with Crippen LogP contribution in [-0.2, 0) is 12.4 Å². The van der Waals surface area contributed by atoms with Crippen LogP contribution >= 0.6 is 0 Å². The van der Waals surface area contributed by atoms with Gasteiger partial charge in [0.2, 0.25) is 6.19 Å². The number of rotatable bonds is 2. The van der Waals surface area contributed by atoms with Gasteiger partial charge in [-0.1, -0.05) is 72.8 Å². The second-order valence-corrected chi connectivity index (χ2v) is 10.6. The quantitative estimate of drug-likeness (QED) is 0.0824. The van der Waals surface area contributed by atoms with Crippen LogP contribution in [-0.4, -0.2) is 0 Å².